The number of hydrogen-bond donors (Lipinski definition) is 4. The molecule has 0 spiro atoms. The van der Waals surface area contributed by atoms with E-state index < -0.39 is 12.2 Å². The molecular weight excluding hydrogens is 222 g/mol. The summed E-state index contributed by atoms with van der Waals surface area (Å²) in [5.41, 5.74) is 5.45. The summed E-state index contributed by atoms with van der Waals surface area (Å²) in [5, 5.41) is 27.5. The Morgan fingerprint density at radius 1 is 1.47 bits per heavy atom. The maximum Gasteiger partial charge on any atom is 0.171 e. The van der Waals surface area contributed by atoms with Crippen molar-refractivity contribution >= 4 is 17.4 Å². The van der Waals surface area contributed by atoms with Crippen LogP contribution in [0.5, 0.6) is 0 Å². The average molecular weight is 234 g/mol. The Hall–Kier alpha value is -0.950. The summed E-state index contributed by atoms with van der Waals surface area (Å²) in [6, 6.07) is 0. The van der Waals surface area contributed by atoms with Crippen LogP contribution < -0.4 is 5.73 Å². The number of rotatable bonds is 4. The van der Waals surface area contributed by atoms with E-state index in [1.165, 1.54) is 6.20 Å². The van der Waals surface area contributed by atoms with Gasteiger partial charge >= 0.3 is 0 Å². The lowest BCUT2D eigenvalue weighted by molar-refractivity contribution is 0.00174. The second-order valence-electron chi connectivity index (χ2n) is 3.00. The van der Waals surface area contributed by atoms with Gasteiger partial charge < -0.3 is 21.1 Å². The first-order chi connectivity index (χ1) is 7.06. The van der Waals surface area contributed by atoms with Crippen LogP contribution in [-0.2, 0) is 0 Å². The predicted octanol–water partition coefficient (Wildman–Crippen LogP) is -0.511. The Kier molecular flexibility index (Phi) is 4.22. The number of hydrogen-bond acceptors (Lipinski definition) is 6. The first-order valence-electron chi connectivity index (χ1n) is 4.31. The molecule has 1 aromatic heterocycles. The zero-order valence-electron chi connectivity index (χ0n) is 7.84. The van der Waals surface area contributed by atoms with E-state index in [1.807, 2.05) is 0 Å². The largest absolute Gasteiger partial charge is 0.396 e. The maximum atomic E-state index is 9.57. The molecule has 0 aliphatic carbocycles. The zero-order chi connectivity index (χ0) is 11.4. The van der Waals surface area contributed by atoms with E-state index in [0.717, 1.165) is 0 Å². The molecule has 0 aliphatic heterocycles. The lowest BCUT2D eigenvalue weighted by Crippen LogP contribution is -2.20. The van der Waals surface area contributed by atoms with Crippen LogP contribution in [0, 0.1) is 0 Å². The molecule has 1 heterocycles. The fraction of sp³-hybridized carbons (Fsp3) is 0.500. The maximum absolute atomic E-state index is 9.57. The Balaban J connectivity index is 2.81. The van der Waals surface area contributed by atoms with Gasteiger partial charge in [-0.05, 0) is 6.42 Å². The summed E-state index contributed by atoms with van der Waals surface area (Å²) in [6.07, 6.45) is -1.07. The highest BCUT2D eigenvalue weighted by Crippen LogP contribution is 2.20. The van der Waals surface area contributed by atoms with Crippen LogP contribution in [-0.4, -0.2) is 38.0 Å². The topological polar surface area (TPSA) is 112 Å². The molecular formula is C8H12ClN3O3. The van der Waals surface area contributed by atoms with Gasteiger partial charge in [0.2, 0.25) is 0 Å². The highest BCUT2D eigenvalue weighted by atomic mass is 35.5. The summed E-state index contributed by atoms with van der Waals surface area (Å²) < 4.78 is 0. The number of aliphatic hydroxyl groups excluding tert-OH is 3. The molecule has 0 saturated heterocycles. The number of aliphatic hydroxyl groups is 3. The van der Waals surface area contributed by atoms with Crippen LogP contribution in [0.4, 0.5) is 5.82 Å². The van der Waals surface area contributed by atoms with Crippen LogP contribution in [0.15, 0.2) is 6.20 Å². The average Bonchev–Trinajstić information content (AvgIpc) is 2.21. The third-order valence-electron chi connectivity index (χ3n) is 1.87. The molecule has 0 bridgehead atoms. The molecule has 15 heavy (non-hydrogen) atoms. The lowest BCUT2D eigenvalue weighted by atomic mass is 10.1. The van der Waals surface area contributed by atoms with Crippen LogP contribution in [0.2, 0.25) is 5.15 Å². The highest BCUT2D eigenvalue weighted by molar-refractivity contribution is 6.31. The third-order valence-corrected chi connectivity index (χ3v) is 2.15. The van der Waals surface area contributed by atoms with Crippen LogP contribution in [0.25, 0.3) is 0 Å². The minimum Gasteiger partial charge on any atom is -0.396 e. The smallest absolute Gasteiger partial charge is 0.171 e. The second kappa shape index (κ2) is 5.22. The quantitative estimate of drug-likeness (QED) is 0.557. The molecule has 6 nitrogen and oxygen atoms in total. The van der Waals surface area contributed by atoms with Crippen LogP contribution >= 0.6 is 11.6 Å². The van der Waals surface area contributed by atoms with Crippen molar-refractivity contribution < 1.29 is 15.3 Å². The van der Waals surface area contributed by atoms with Crippen molar-refractivity contribution in [2.75, 3.05) is 12.3 Å². The molecule has 0 amide bonds. The minimum absolute atomic E-state index is 0.0252. The van der Waals surface area contributed by atoms with Gasteiger partial charge in [0.05, 0.1) is 18.0 Å². The molecule has 2 atom stereocenters. The van der Waals surface area contributed by atoms with Gasteiger partial charge in [0.15, 0.2) is 11.0 Å². The molecule has 7 heteroatoms. The van der Waals surface area contributed by atoms with Gasteiger partial charge in [0, 0.05) is 6.61 Å². The number of halogens is 1. The van der Waals surface area contributed by atoms with E-state index in [2.05, 4.69) is 9.97 Å². The number of anilines is 1. The third kappa shape index (κ3) is 3.00. The normalized spacial score (nSPS) is 14.9. The second-order valence-corrected chi connectivity index (χ2v) is 3.35. The summed E-state index contributed by atoms with van der Waals surface area (Å²) in [4.78, 5) is 7.45. The lowest BCUT2D eigenvalue weighted by Gasteiger charge is -2.16. The van der Waals surface area contributed by atoms with Crippen molar-refractivity contribution in [2.45, 2.75) is 18.6 Å². The molecule has 1 rings (SSSR count). The molecule has 0 saturated carbocycles. The molecule has 0 aromatic carbocycles. The van der Waals surface area contributed by atoms with Crippen molar-refractivity contribution in [2.24, 2.45) is 0 Å². The van der Waals surface area contributed by atoms with Gasteiger partial charge in [-0.2, -0.15) is 0 Å². The summed E-state index contributed by atoms with van der Waals surface area (Å²) in [5.74, 6) is 0.0595. The fourth-order valence-corrected chi connectivity index (χ4v) is 1.16. The molecule has 0 fully saturated rings. The Morgan fingerprint density at radius 3 is 2.67 bits per heavy atom. The van der Waals surface area contributed by atoms with Crippen molar-refractivity contribution in [3.63, 3.8) is 0 Å². The van der Waals surface area contributed by atoms with Crippen molar-refractivity contribution in [1.29, 1.82) is 0 Å². The monoisotopic (exact) mass is 233 g/mol. The van der Waals surface area contributed by atoms with E-state index in [4.69, 9.17) is 22.4 Å². The molecule has 0 radical (unpaired) electrons. The van der Waals surface area contributed by atoms with Gasteiger partial charge in [0.25, 0.3) is 0 Å². The summed E-state index contributed by atoms with van der Waals surface area (Å²) >= 11 is 5.60. The SMILES string of the molecule is Nc1ncc(C(O)C(O)CCO)nc1Cl. The molecule has 5 N–H and O–H groups in total. The predicted molar refractivity (Wildman–Crippen MR) is 54.1 cm³/mol. The standard InChI is InChI=1S/C8H12ClN3O3/c9-7-8(10)11-3-4(12-7)6(15)5(14)1-2-13/h3,5-6,13-15H,1-2H2,(H2,10,11). The molecule has 84 valence electrons. The number of nitrogens with zero attached hydrogens (tertiary/aromatic N) is 2. The highest BCUT2D eigenvalue weighted by Gasteiger charge is 2.20. The van der Waals surface area contributed by atoms with E-state index in [9.17, 15) is 10.2 Å². The number of aromatic nitrogens is 2. The first-order valence-corrected chi connectivity index (χ1v) is 4.69. The van der Waals surface area contributed by atoms with E-state index in [-0.39, 0.29) is 29.7 Å². The number of nitrogens with two attached hydrogens (primary N) is 1. The van der Waals surface area contributed by atoms with Gasteiger partial charge in [0.1, 0.15) is 6.10 Å². The van der Waals surface area contributed by atoms with Crippen LogP contribution in [0.3, 0.4) is 0 Å². The molecule has 2 unspecified atom stereocenters. The van der Waals surface area contributed by atoms with Gasteiger partial charge in [-0.1, -0.05) is 11.6 Å². The van der Waals surface area contributed by atoms with Gasteiger partial charge in [-0.15, -0.1) is 0 Å². The van der Waals surface area contributed by atoms with Crippen LogP contribution in [0.1, 0.15) is 18.2 Å². The molecule has 0 aliphatic rings. The fourth-order valence-electron chi connectivity index (χ4n) is 1.02. The van der Waals surface area contributed by atoms with Gasteiger partial charge in [-0.25, -0.2) is 9.97 Å². The number of nitrogen functional groups attached to an aromatic ring is 1. The Bertz CT molecular complexity index is 337. The zero-order valence-corrected chi connectivity index (χ0v) is 8.59. The minimum atomic E-state index is -1.23. The van der Waals surface area contributed by atoms with E-state index in [1.54, 1.807) is 0 Å². The first kappa shape index (κ1) is 12.1. The van der Waals surface area contributed by atoms with Crippen molar-refractivity contribution in [1.82, 2.24) is 9.97 Å². The Morgan fingerprint density at radius 2 is 2.13 bits per heavy atom. The van der Waals surface area contributed by atoms with Crippen molar-refractivity contribution in [3.05, 3.63) is 17.0 Å². The van der Waals surface area contributed by atoms with Crippen molar-refractivity contribution in [3.8, 4) is 0 Å². The summed E-state index contributed by atoms with van der Waals surface area (Å²) in [7, 11) is 0. The molecule has 1 aromatic rings. The van der Waals surface area contributed by atoms with E-state index in [0.29, 0.717) is 0 Å². The Labute approximate surface area is 91.4 Å². The summed E-state index contributed by atoms with van der Waals surface area (Å²) in [6.45, 7) is -0.228. The van der Waals surface area contributed by atoms with E-state index >= 15 is 0 Å². The van der Waals surface area contributed by atoms with Gasteiger partial charge in [-0.3, -0.25) is 0 Å².